The highest BCUT2D eigenvalue weighted by atomic mass is 35.5. The molecular weight excluding hydrogens is 132 g/mol. The van der Waals surface area contributed by atoms with Crippen LogP contribution in [0, 0.1) is 23.7 Å². The van der Waals surface area contributed by atoms with Gasteiger partial charge in [-0.05, 0) is 42.9 Å². The third-order valence-electron chi connectivity index (χ3n) is 3.64. The standard InChI is InChI=1S/C8H11Cl/c9-8-6-4-1-2-5(3-4)7(6)8/h4-8H,1-3H2. The van der Waals surface area contributed by atoms with Crippen LogP contribution in [0.3, 0.4) is 0 Å². The fourth-order valence-electron chi connectivity index (χ4n) is 3.22. The van der Waals surface area contributed by atoms with Gasteiger partial charge in [0, 0.05) is 5.38 Å². The van der Waals surface area contributed by atoms with E-state index >= 15 is 0 Å². The first kappa shape index (κ1) is 5.01. The van der Waals surface area contributed by atoms with Gasteiger partial charge in [0.05, 0.1) is 0 Å². The Morgan fingerprint density at radius 1 is 1.00 bits per heavy atom. The van der Waals surface area contributed by atoms with Gasteiger partial charge in [0.2, 0.25) is 0 Å². The smallest absolute Gasteiger partial charge is 0.0404 e. The van der Waals surface area contributed by atoms with Crippen molar-refractivity contribution in [1.82, 2.24) is 0 Å². The largest absolute Gasteiger partial charge is 0.122 e. The summed E-state index contributed by atoms with van der Waals surface area (Å²) >= 11 is 6.08. The van der Waals surface area contributed by atoms with Crippen LogP contribution >= 0.6 is 11.6 Å². The summed E-state index contributed by atoms with van der Waals surface area (Å²) in [6, 6.07) is 0. The molecule has 3 aliphatic carbocycles. The SMILES string of the molecule is ClC1C2C3CCC(C3)C12. The fourth-order valence-corrected chi connectivity index (χ4v) is 3.88. The number of rotatable bonds is 0. The summed E-state index contributed by atoms with van der Waals surface area (Å²) in [5, 5.41) is 0.608. The van der Waals surface area contributed by atoms with Crippen molar-refractivity contribution in [1.29, 1.82) is 0 Å². The number of halogens is 1. The van der Waals surface area contributed by atoms with E-state index in [1.54, 1.807) is 0 Å². The van der Waals surface area contributed by atoms with Crippen molar-refractivity contribution in [3.8, 4) is 0 Å². The van der Waals surface area contributed by atoms with Gasteiger partial charge in [0.1, 0.15) is 0 Å². The lowest BCUT2D eigenvalue weighted by Gasteiger charge is -2.03. The van der Waals surface area contributed by atoms with Crippen LogP contribution < -0.4 is 0 Å². The zero-order valence-corrected chi connectivity index (χ0v) is 6.14. The lowest BCUT2D eigenvalue weighted by Crippen LogP contribution is -1.95. The average Bonchev–Trinajstić information content (AvgIpc) is 2.29. The second-order valence-electron chi connectivity index (χ2n) is 3.93. The Bertz CT molecular complexity index is 135. The zero-order valence-electron chi connectivity index (χ0n) is 5.39. The molecule has 0 aliphatic heterocycles. The number of fused-ring (bicyclic) bond motifs is 5. The molecule has 50 valence electrons. The number of hydrogen-bond acceptors (Lipinski definition) is 0. The summed E-state index contributed by atoms with van der Waals surface area (Å²) in [5.41, 5.74) is 0. The summed E-state index contributed by atoms with van der Waals surface area (Å²) in [4.78, 5) is 0. The Balaban J connectivity index is 1.96. The molecule has 0 N–H and O–H groups in total. The molecule has 0 aromatic heterocycles. The van der Waals surface area contributed by atoms with E-state index in [2.05, 4.69) is 0 Å². The molecule has 2 bridgehead atoms. The van der Waals surface area contributed by atoms with E-state index in [0.717, 1.165) is 23.7 Å². The topological polar surface area (TPSA) is 0 Å². The molecule has 0 saturated heterocycles. The molecule has 3 saturated carbocycles. The first-order valence-corrected chi connectivity index (χ1v) is 4.45. The summed E-state index contributed by atoms with van der Waals surface area (Å²) < 4.78 is 0. The Kier molecular flexibility index (Phi) is 0.733. The highest BCUT2D eigenvalue weighted by Gasteiger charge is 2.64. The Hall–Kier alpha value is 0.290. The zero-order chi connectivity index (χ0) is 6.01. The van der Waals surface area contributed by atoms with Crippen LogP contribution in [0.2, 0.25) is 0 Å². The monoisotopic (exact) mass is 142 g/mol. The van der Waals surface area contributed by atoms with Crippen molar-refractivity contribution in [2.45, 2.75) is 24.6 Å². The molecule has 0 heterocycles. The van der Waals surface area contributed by atoms with E-state index in [1.165, 1.54) is 19.3 Å². The molecule has 0 nitrogen and oxygen atoms in total. The van der Waals surface area contributed by atoms with Gasteiger partial charge >= 0.3 is 0 Å². The first-order valence-electron chi connectivity index (χ1n) is 4.02. The van der Waals surface area contributed by atoms with E-state index in [0.29, 0.717) is 5.38 Å². The highest BCUT2D eigenvalue weighted by molar-refractivity contribution is 6.23. The minimum atomic E-state index is 0.608. The van der Waals surface area contributed by atoms with E-state index in [4.69, 9.17) is 11.6 Å². The first-order chi connectivity index (χ1) is 4.38. The van der Waals surface area contributed by atoms with Gasteiger partial charge in [-0.3, -0.25) is 0 Å². The van der Waals surface area contributed by atoms with Crippen molar-refractivity contribution in [2.75, 3.05) is 0 Å². The molecule has 0 radical (unpaired) electrons. The fraction of sp³-hybridized carbons (Fsp3) is 1.00. The molecule has 0 aromatic rings. The molecule has 9 heavy (non-hydrogen) atoms. The number of alkyl halides is 1. The van der Waals surface area contributed by atoms with Gasteiger partial charge in [0.15, 0.2) is 0 Å². The number of hydrogen-bond donors (Lipinski definition) is 0. The van der Waals surface area contributed by atoms with Crippen molar-refractivity contribution in [3.63, 3.8) is 0 Å². The minimum Gasteiger partial charge on any atom is -0.122 e. The Morgan fingerprint density at radius 2 is 1.56 bits per heavy atom. The average molecular weight is 143 g/mol. The normalized spacial score (nSPS) is 68.3. The lowest BCUT2D eigenvalue weighted by atomic mass is 10.0. The van der Waals surface area contributed by atoms with Crippen molar-refractivity contribution < 1.29 is 0 Å². The molecule has 4 unspecified atom stereocenters. The third-order valence-corrected chi connectivity index (χ3v) is 4.22. The summed E-state index contributed by atoms with van der Waals surface area (Å²) in [7, 11) is 0. The van der Waals surface area contributed by atoms with Gasteiger partial charge in [0.25, 0.3) is 0 Å². The molecule has 3 rings (SSSR count). The molecular formula is C8H11Cl. The molecule has 3 fully saturated rings. The quantitative estimate of drug-likeness (QED) is 0.456. The maximum absolute atomic E-state index is 6.08. The van der Waals surface area contributed by atoms with E-state index in [-0.39, 0.29) is 0 Å². The molecule has 0 aromatic carbocycles. The van der Waals surface area contributed by atoms with Crippen LogP contribution in [-0.4, -0.2) is 5.38 Å². The Morgan fingerprint density at radius 3 is 2.00 bits per heavy atom. The van der Waals surface area contributed by atoms with Gasteiger partial charge in [-0.15, -0.1) is 11.6 Å². The lowest BCUT2D eigenvalue weighted by molar-refractivity contribution is 0.456. The van der Waals surface area contributed by atoms with E-state index in [1.807, 2.05) is 0 Å². The van der Waals surface area contributed by atoms with E-state index < -0.39 is 0 Å². The predicted molar refractivity (Wildman–Crippen MR) is 37.5 cm³/mol. The second kappa shape index (κ2) is 1.32. The molecule has 3 aliphatic rings. The van der Waals surface area contributed by atoms with Gasteiger partial charge in [-0.25, -0.2) is 0 Å². The van der Waals surface area contributed by atoms with Crippen LogP contribution in [0.1, 0.15) is 19.3 Å². The summed E-state index contributed by atoms with van der Waals surface area (Å²) in [6.07, 6.45) is 4.52. The summed E-state index contributed by atoms with van der Waals surface area (Å²) in [5.74, 6) is 4.07. The maximum Gasteiger partial charge on any atom is 0.0404 e. The maximum atomic E-state index is 6.08. The van der Waals surface area contributed by atoms with Gasteiger partial charge < -0.3 is 0 Å². The van der Waals surface area contributed by atoms with Crippen LogP contribution in [0.4, 0.5) is 0 Å². The van der Waals surface area contributed by atoms with Crippen LogP contribution in [0.25, 0.3) is 0 Å². The third kappa shape index (κ3) is 0.440. The Labute approximate surface area is 60.6 Å². The predicted octanol–water partition coefficient (Wildman–Crippen LogP) is 2.27. The molecule has 4 atom stereocenters. The minimum absolute atomic E-state index is 0.608. The van der Waals surface area contributed by atoms with Gasteiger partial charge in [-0.1, -0.05) is 0 Å². The van der Waals surface area contributed by atoms with Crippen molar-refractivity contribution in [2.24, 2.45) is 23.7 Å². The van der Waals surface area contributed by atoms with Crippen LogP contribution in [0.5, 0.6) is 0 Å². The van der Waals surface area contributed by atoms with Crippen molar-refractivity contribution in [3.05, 3.63) is 0 Å². The highest BCUT2D eigenvalue weighted by Crippen LogP contribution is 2.67. The van der Waals surface area contributed by atoms with Crippen LogP contribution in [-0.2, 0) is 0 Å². The van der Waals surface area contributed by atoms with Crippen LogP contribution in [0.15, 0.2) is 0 Å². The summed E-state index contributed by atoms with van der Waals surface area (Å²) in [6.45, 7) is 0. The second-order valence-corrected chi connectivity index (χ2v) is 4.44. The molecule has 1 heteroatoms. The molecule has 0 spiro atoms. The van der Waals surface area contributed by atoms with E-state index in [9.17, 15) is 0 Å². The van der Waals surface area contributed by atoms with Crippen molar-refractivity contribution >= 4 is 11.6 Å². The van der Waals surface area contributed by atoms with Gasteiger partial charge in [-0.2, -0.15) is 0 Å². The molecule has 0 amide bonds.